The molecule has 0 saturated heterocycles. The maximum Gasteiger partial charge on any atom is 0.279 e. The number of nitrogens with zero attached hydrogens (tertiary/aromatic N) is 1. The van der Waals surface area contributed by atoms with Gasteiger partial charge in [-0.15, -0.1) is 0 Å². The molecule has 0 spiro atoms. The summed E-state index contributed by atoms with van der Waals surface area (Å²) in [6, 6.07) is 0.685. The van der Waals surface area contributed by atoms with Crippen LogP contribution in [0.15, 0.2) is 23.4 Å². The van der Waals surface area contributed by atoms with E-state index < -0.39 is 33.2 Å². The van der Waals surface area contributed by atoms with E-state index in [1.807, 2.05) is 4.72 Å². The predicted molar refractivity (Wildman–Crippen MR) is 68.5 cm³/mol. The van der Waals surface area contributed by atoms with E-state index in [0.29, 0.717) is 11.6 Å². The van der Waals surface area contributed by atoms with Crippen molar-refractivity contribution in [2.45, 2.75) is 11.6 Å². The highest BCUT2D eigenvalue weighted by atomic mass is 32.2. The minimum Gasteiger partial charge on any atom is -0.316 e. The first-order chi connectivity index (χ1) is 9.85. The van der Waals surface area contributed by atoms with Crippen LogP contribution >= 0.6 is 0 Å². The number of hydrogen-bond acceptors (Lipinski definition) is 4. The van der Waals surface area contributed by atoms with E-state index in [0.717, 1.165) is 0 Å². The zero-order valence-electron chi connectivity index (χ0n) is 10.7. The first kappa shape index (κ1) is 15.3. The van der Waals surface area contributed by atoms with E-state index in [1.54, 1.807) is 7.05 Å². The first-order valence-electron chi connectivity index (χ1n) is 5.69. The fourth-order valence-corrected chi connectivity index (χ4v) is 2.84. The summed E-state index contributed by atoms with van der Waals surface area (Å²) in [7, 11) is -2.61. The molecule has 1 aromatic heterocycles. The Kier molecular flexibility index (Phi) is 4.19. The molecule has 1 aromatic carbocycles. The molecule has 2 rings (SSSR count). The lowest BCUT2D eigenvalue weighted by molar-refractivity contribution is 0.496. The van der Waals surface area contributed by atoms with Gasteiger partial charge in [0.15, 0.2) is 16.7 Å². The molecule has 0 aliphatic heterocycles. The molecule has 0 amide bonds. The van der Waals surface area contributed by atoms with Crippen LogP contribution in [0.3, 0.4) is 0 Å². The van der Waals surface area contributed by atoms with Crippen LogP contribution in [0.1, 0.15) is 5.56 Å². The molecule has 2 aromatic rings. The molecule has 0 aliphatic rings. The number of aromatic amines is 1. The van der Waals surface area contributed by atoms with E-state index in [1.165, 1.54) is 6.20 Å². The Balaban J connectivity index is 2.38. The first-order valence-corrected chi connectivity index (χ1v) is 7.17. The van der Waals surface area contributed by atoms with Gasteiger partial charge < -0.3 is 5.32 Å². The highest BCUT2D eigenvalue weighted by Gasteiger charge is 2.23. The summed E-state index contributed by atoms with van der Waals surface area (Å²) in [5.74, 6) is -4.01. The summed E-state index contributed by atoms with van der Waals surface area (Å²) >= 11 is 0. The number of H-pyrrole nitrogens is 1. The summed E-state index contributed by atoms with van der Waals surface area (Å²) in [5, 5.41) is 8.30. The second-order valence-corrected chi connectivity index (χ2v) is 5.73. The number of benzene rings is 1. The second-order valence-electron chi connectivity index (χ2n) is 4.11. The van der Waals surface area contributed by atoms with Crippen LogP contribution in [0.2, 0.25) is 0 Å². The molecule has 3 N–H and O–H groups in total. The van der Waals surface area contributed by atoms with Crippen molar-refractivity contribution in [1.82, 2.24) is 15.5 Å². The third-order valence-electron chi connectivity index (χ3n) is 2.57. The van der Waals surface area contributed by atoms with Crippen LogP contribution in [0.5, 0.6) is 0 Å². The van der Waals surface area contributed by atoms with E-state index in [4.69, 9.17) is 0 Å². The van der Waals surface area contributed by atoms with E-state index >= 15 is 0 Å². The van der Waals surface area contributed by atoms with Crippen LogP contribution in [-0.2, 0) is 16.6 Å². The maximum absolute atomic E-state index is 13.5. The Morgan fingerprint density at radius 1 is 1.19 bits per heavy atom. The van der Waals surface area contributed by atoms with Gasteiger partial charge in [-0.05, 0) is 7.05 Å². The number of hydrogen-bond donors (Lipinski definition) is 3. The topological polar surface area (TPSA) is 86.9 Å². The second kappa shape index (κ2) is 5.74. The maximum atomic E-state index is 13.5. The standard InChI is InChI=1S/C11H11F3N4O2S/c1-15-4-6-5-16-17-11(6)21(19,20)18-10-3-8(13)7(12)2-9(10)14/h2-3,5,15,18H,4H2,1H3,(H,16,17). The molecule has 6 nitrogen and oxygen atoms in total. The van der Waals surface area contributed by atoms with Gasteiger partial charge >= 0.3 is 0 Å². The summed E-state index contributed by atoms with van der Waals surface area (Å²) < 4.78 is 65.4. The Morgan fingerprint density at radius 3 is 2.52 bits per heavy atom. The average molecular weight is 320 g/mol. The van der Waals surface area contributed by atoms with Gasteiger partial charge in [-0.2, -0.15) is 13.5 Å². The number of halogens is 3. The van der Waals surface area contributed by atoms with Crippen molar-refractivity contribution in [2.24, 2.45) is 0 Å². The van der Waals surface area contributed by atoms with Crippen LogP contribution < -0.4 is 10.0 Å². The number of sulfonamides is 1. The Bertz CT molecular complexity index is 761. The summed E-state index contributed by atoms with van der Waals surface area (Å²) in [5.41, 5.74) is -0.383. The molecular formula is C11H11F3N4O2S. The van der Waals surface area contributed by atoms with Crippen molar-refractivity contribution in [3.63, 3.8) is 0 Å². The number of anilines is 1. The normalized spacial score (nSPS) is 11.6. The zero-order chi connectivity index (χ0) is 15.6. The van der Waals surface area contributed by atoms with Crippen molar-refractivity contribution in [1.29, 1.82) is 0 Å². The molecule has 114 valence electrons. The summed E-state index contributed by atoms with van der Waals surface area (Å²) in [6.45, 7) is 0.201. The quantitative estimate of drug-likeness (QED) is 0.726. The third-order valence-corrected chi connectivity index (χ3v) is 3.95. The monoisotopic (exact) mass is 320 g/mol. The molecule has 0 saturated carbocycles. The molecule has 10 heteroatoms. The molecule has 0 aliphatic carbocycles. The van der Waals surface area contributed by atoms with E-state index in [9.17, 15) is 21.6 Å². The number of rotatable bonds is 5. The Morgan fingerprint density at radius 2 is 1.86 bits per heavy atom. The highest BCUT2D eigenvalue weighted by Crippen LogP contribution is 2.22. The lowest BCUT2D eigenvalue weighted by atomic mass is 10.3. The lowest BCUT2D eigenvalue weighted by Gasteiger charge is -2.09. The summed E-state index contributed by atoms with van der Waals surface area (Å²) in [4.78, 5) is 0. The van der Waals surface area contributed by atoms with Gasteiger partial charge in [-0.25, -0.2) is 13.2 Å². The predicted octanol–water partition coefficient (Wildman–Crippen LogP) is 1.35. The van der Waals surface area contributed by atoms with Gasteiger partial charge in [-0.1, -0.05) is 0 Å². The van der Waals surface area contributed by atoms with Crippen LogP contribution in [0.4, 0.5) is 18.9 Å². The molecular weight excluding hydrogens is 309 g/mol. The molecule has 1 heterocycles. The molecule has 0 bridgehead atoms. The van der Waals surface area contributed by atoms with Crippen molar-refractivity contribution < 1.29 is 21.6 Å². The highest BCUT2D eigenvalue weighted by molar-refractivity contribution is 7.92. The van der Waals surface area contributed by atoms with Crippen LogP contribution in [0.25, 0.3) is 0 Å². The molecule has 0 radical (unpaired) electrons. The summed E-state index contributed by atoms with van der Waals surface area (Å²) in [6.07, 6.45) is 1.28. The lowest BCUT2D eigenvalue weighted by Crippen LogP contribution is -2.18. The van der Waals surface area contributed by atoms with Gasteiger partial charge in [0.1, 0.15) is 5.82 Å². The van der Waals surface area contributed by atoms with Gasteiger partial charge in [0.05, 0.1) is 11.9 Å². The third kappa shape index (κ3) is 3.16. The van der Waals surface area contributed by atoms with Gasteiger partial charge in [-0.3, -0.25) is 9.82 Å². The van der Waals surface area contributed by atoms with Crippen molar-refractivity contribution in [2.75, 3.05) is 11.8 Å². The fourth-order valence-electron chi connectivity index (χ4n) is 1.64. The van der Waals surface area contributed by atoms with Crippen molar-refractivity contribution in [3.05, 3.63) is 41.3 Å². The average Bonchev–Trinajstić information content (AvgIpc) is 2.85. The van der Waals surface area contributed by atoms with E-state index in [2.05, 4.69) is 15.5 Å². The number of aromatic nitrogens is 2. The largest absolute Gasteiger partial charge is 0.316 e. The van der Waals surface area contributed by atoms with Gasteiger partial charge in [0, 0.05) is 24.2 Å². The number of nitrogens with one attached hydrogen (secondary N) is 3. The Labute approximate surface area is 118 Å². The molecule has 0 unspecified atom stereocenters. The van der Waals surface area contributed by atoms with Gasteiger partial charge in [0.2, 0.25) is 0 Å². The SMILES string of the molecule is CNCc1cn[nH]c1S(=O)(=O)Nc1cc(F)c(F)cc1F. The minimum absolute atomic E-state index is 0.201. The fraction of sp³-hybridized carbons (Fsp3) is 0.182. The Hall–Kier alpha value is -2.07. The molecule has 21 heavy (non-hydrogen) atoms. The van der Waals surface area contributed by atoms with Crippen LogP contribution in [-0.4, -0.2) is 25.7 Å². The van der Waals surface area contributed by atoms with Crippen molar-refractivity contribution in [3.8, 4) is 0 Å². The van der Waals surface area contributed by atoms with E-state index in [-0.39, 0.29) is 17.6 Å². The van der Waals surface area contributed by atoms with Crippen LogP contribution in [0, 0.1) is 17.5 Å². The molecule has 0 fully saturated rings. The van der Waals surface area contributed by atoms with Crippen molar-refractivity contribution >= 4 is 15.7 Å². The molecule has 0 atom stereocenters. The zero-order valence-corrected chi connectivity index (χ0v) is 11.6. The smallest absolute Gasteiger partial charge is 0.279 e. The van der Waals surface area contributed by atoms with Gasteiger partial charge in [0.25, 0.3) is 10.0 Å². The minimum atomic E-state index is -4.21.